The number of β-amino-alcohol motifs (C(OH)–C–C–N with tert-alkyl or cyclic N) is 1. The van der Waals surface area contributed by atoms with Crippen LogP contribution in [0.15, 0.2) is 91.1 Å². The minimum absolute atomic E-state index is 0.00760. The summed E-state index contributed by atoms with van der Waals surface area (Å²) in [6.07, 6.45) is 2.85. The molecule has 4 saturated heterocycles. The van der Waals surface area contributed by atoms with Crippen LogP contribution < -0.4 is 30.7 Å². The van der Waals surface area contributed by atoms with Crippen molar-refractivity contribution in [1.82, 2.24) is 40.5 Å². The molecular weight excluding hydrogens is 1100 g/mol. The second-order valence-corrected chi connectivity index (χ2v) is 23.2. The molecule has 0 radical (unpaired) electrons. The molecule has 5 N–H and O–H groups in total. The minimum Gasteiger partial charge on any atom is -0.486 e. The van der Waals surface area contributed by atoms with Crippen LogP contribution >= 0.6 is 22.9 Å². The fourth-order valence-electron chi connectivity index (χ4n) is 11.8. The highest BCUT2D eigenvalue weighted by Crippen LogP contribution is 2.50. The summed E-state index contributed by atoms with van der Waals surface area (Å²) in [7, 11) is 0. The lowest BCUT2D eigenvalue weighted by Gasteiger charge is -2.30. The number of nitrogens with one attached hydrogen (secondary N) is 2. The van der Waals surface area contributed by atoms with Gasteiger partial charge in [0.2, 0.25) is 11.8 Å². The van der Waals surface area contributed by atoms with Gasteiger partial charge < -0.3 is 45.5 Å². The van der Waals surface area contributed by atoms with Crippen LogP contribution in [0.2, 0.25) is 5.02 Å². The average molecular weight is 1150 g/mol. The highest BCUT2D eigenvalue weighted by atomic mass is 35.5. The van der Waals surface area contributed by atoms with Gasteiger partial charge in [0.05, 0.1) is 46.8 Å². The number of aromatic nitrogens is 5. The van der Waals surface area contributed by atoms with Crippen molar-refractivity contribution in [3.8, 4) is 51.3 Å². The number of carbonyl (C=O) groups excluding carboxylic acids is 2. The highest BCUT2D eigenvalue weighted by molar-refractivity contribution is 7.23. The molecule has 8 aromatic rings. The number of fused-ring (bicyclic) bond motifs is 4. The molecule has 4 aliphatic rings. The largest absolute Gasteiger partial charge is 0.486 e. The van der Waals surface area contributed by atoms with Gasteiger partial charge in [0, 0.05) is 78.4 Å². The number of halogens is 4. The fourth-order valence-corrected chi connectivity index (χ4v) is 13.1. The summed E-state index contributed by atoms with van der Waals surface area (Å²) in [5, 5.41) is 38.0. The summed E-state index contributed by atoms with van der Waals surface area (Å²) in [4.78, 5) is 42.3. The normalized spacial score (nSPS) is 19.8. The van der Waals surface area contributed by atoms with E-state index in [0.29, 0.717) is 88.2 Å². The van der Waals surface area contributed by atoms with Crippen LogP contribution in [0.5, 0.6) is 11.8 Å². The van der Waals surface area contributed by atoms with Crippen molar-refractivity contribution in [3.63, 3.8) is 0 Å². The predicted octanol–water partition coefficient (Wildman–Crippen LogP) is 9.69. The zero-order valence-corrected chi connectivity index (χ0v) is 46.5. The Kier molecular flexibility index (Phi) is 15.0. The van der Waals surface area contributed by atoms with E-state index in [-0.39, 0.29) is 81.3 Å². The van der Waals surface area contributed by atoms with Crippen molar-refractivity contribution in [2.45, 2.75) is 95.5 Å². The van der Waals surface area contributed by atoms with Gasteiger partial charge in [0.15, 0.2) is 17.4 Å². The third kappa shape index (κ3) is 10.3. The fraction of sp³-hybridized carbons (Fsp3) is 0.350. The van der Waals surface area contributed by atoms with E-state index in [2.05, 4.69) is 31.9 Å². The molecule has 4 fully saturated rings. The van der Waals surface area contributed by atoms with E-state index in [9.17, 15) is 28.7 Å². The number of nitrogens with zero attached hydrogens (tertiary/aromatic N) is 8. The number of nitriles is 1. The summed E-state index contributed by atoms with van der Waals surface area (Å²) < 4.78 is 64.8. The number of aliphatic hydroxyl groups is 1. The minimum atomic E-state index is -0.980. The zero-order chi connectivity index (χ0) is 57.1. The Labute approximate surface area is 478 Å². The van der Waals surface area contributed by atoms with E-state index in [1.54, 1.807) is 49.5 Å². The highest BCUT2D eigenvalue weighted by Gasteiger charge is 2.44. The smallest absolute Gasteiger partial charge is 0.319 e. The number of hydrogen-bond donors (Lipinski definition) is 4. The van der Waals surface area contributed by atoms with Crippen molar-refractivity contribution in [3.05, 3.63) is 130 Å². The van der Waals surface area contributed by atoms with Gasteiger partial charge in [-0.1, -0.05) is 97.4 Å². The van der Waals surface area contributed by atoms with Gasteiger partial charge in [-0.05, 0) is 59.7 Å². The van der Waals surface area contributed by atoms with Crippen LogP contribution in [0.25, 0.3) is 54.5 Å². The number of nitrogens with two attached hydrogens (primary N) is 1. The maximum atomic E-state index is 15.6. The number of hydrogen-bond acceptors (Lipinski definition) is 15. The maximum absolute atomic E-state index is 15.6. The molecule has 7 heterocycles. The summed E-state index contributed by atoms with van der Waals surface area (Å²) in [5.41, 5.74) is 10.9. The Morgan fingerprint density at radius 1 is 0.976 bits per heavy atom. The van der Waals surface area contributed by atoms with E-state index in [1.165, 1.54) is 27.8 Å². The Balaban J connectivity index is 0.813. The van der Waals surface area contributed by atoms with E-state index in [0.717, 1.165) is 35.9 Å². The third-order valence-electron chi connectivity index (χ3n) is 16.0. The lowest BCUT2D eigenvalue weighted by atomic mass is 9.96. The number of ether oxygens (including phenoxy) is 3. The first-order valence-corrected chi connectivity index (χ1v) is 28.5. The molecule has 0 saturated carbocycles. The molecule has 3 aromatic heterocycles. The molecule has 6 atom stereocenters. The Bertz CT molecular complexity index is 3820. The number of thiophene rings is 1. The number of anilines is 2. The van der Waals surface area contributed by atoms with Crippen LogP contribution in [0.4, 0.5) is 24.0 Å². The summed E-state index contributed by atoms with van der Waals surface area (Å²) in [6.45, 7) is 8.05. The van der Waals surface area contributed by atoms with Crippen LogP contribution in [-0.2, 0) is 20.9 Å². The number of likely N-dealkylation sites (tertiary alicyclic amines) is 1. The number of benzene rings is 5. The topological polar surface area (TPSA) is 219 Å². The van der Waals surface area contributed by atoms with Crippen molar-refractivity contribution in [1.29, 1.82) is 5.26 Å². The molecule has 82 heavy (non-hydrogen) atoms. The van der Waals surface area contributed by atoms with Crippen molar-refractivity contribution in [2.24, 2.45) is 5.92 Å². The number of carbonyl (C=O) groups is 2. The van der Waals surface area contributed by atoms with Crippen LogP contribution in [-0.4, -0.2) is 110 Å². The van der Waals surface area contributed by atoms with Gasteiger partial charge in [-0.2, -0.15) is 15.2 Å². The Hall–Kier alpha value is -7.87. The standard InChI is InChI=1S/C60H57ClF3N11O6S/c1-30(2)53(59(78)74-27-38(76)22-48(74)58(77)68-31(3)33-11-13-34(14-12-33)40-5-4-6-45(62)51(40)64)75-28-47(71-72-75)35-9-7-32(8-10-35)29-80-54-50(41-15-16-46(63)55-49(41)43(24-65)56(66)82-55)44(61)23-42-52(54)69-60(81-39-17-19-79-20-18-39)70-57(42)73-26-36-21-37(73)25-67-36/h4-16,23,28,30-31,36-39,48,53,67,76H,17-22,25-27,29,66H2,1-3H3,(H,68,77)/t31-,36-,37-,38+,48-,53-/m0/s1. The van der Waals surface area contributed by atoms with Crippen LogP contribution in [0, 0.1) is 34.7 Å². The first-order valence-electron chi connectivity index (χ1n) is 27.3. The summed E-state index contributed by atoms with van der Waals surface area (Å²) in [5.74, 6) is -2.68. The molecule has 0 unspecified atom stereocenters. The molecule has 422 valence electrons. The number of rotatable bonds is 15. The van der Waals surface area contributed by atoms with Crippen molar-refractivity contribution < 1.29 is 42.1 Å². The van der Waals surface area contributed by atoms with Crippen molar-refractivity contribution in [2.75, 3.05) is 43.5 Å². The second kappa shape index (κ2) is 22.5. The Morgan fingerprint density at radius 2 is 1.74 bits per heavy atom. The van der Waals surface area contributed by atoms with Crippen molar-refractivity contribution >= 4 is 66.6 Å². The SMILES string of the molecule is CC(C)[C@@H](C(=O)N1C[C@H](O)C[C@H]1C(=O)N[C@@H](C)c1ccc(-c2cccc(F)c2F)cc1)n1cc(-c2ccc(COc3c(-c4ccc(F)c5sc(N)c(C#N)c45)c(Cl)cc4c(N5C[C@@H]6C[C@H]5CN6)nc(OC5CCOCC5)nc34)cc2)nn1. The summed E-state index contributed by atoms with van der Waals surface area (Å²) >= 11 is 8.39. The molecule has 0 aliphatic carbocycles. The lowest BCUT2D eigenvalue weighted by Crippen LogP contribution is -2.49. The number of amides is 2. The molecule has 0 spiro atoms. The van der Waals surface area contributed by atoms with E-state index in [1.807, 2.05) is 38.1 Å². The second-order valence-electron chi connectivity index (χ2n) is 21.7. The number of piperazine rings is 1. The molecule has 5 aromatic carbocycles. The summed E-state index contributed by atoms with van der Waals surface area (Å²) in [6, 6.07) is 23.3. The third-order valence-corrected chi connectivity index (χ3v) is 17.4. The molecule has 2 bridgehead atoms. The van der Waals surface area contributed by atoms with Gasteiger partial charge in [0.1, 0.15) is 58.7 Å². The van der Waals surface area contributed by atoms with Gasteiger partial charge in [-0.15, -0.1) is 16.4 Å². The van der Waals surface area contributed by atoms with E-state index >= 15 is 4.39 Å². The maximum Gasteiger partial charge on any atom is 0.319 e. The molecule has 4 aliphatic heterocycles. The van der Waals surface area contributed by atoms with Crippen LogP contribution in [0.1, 0.15) is 75.2 Å². The van der Waals surface area contributed by atoms with Gasteiger partial charge in [-0.25, -0.2) is 17.9 Å². The van der Waals surface area contributed by atoms with Gasteiger partial charge in [-0.3, -0.25) is 9.59 Å². The number of aliphatic hydroxyl groups excluding tert-OH is 1. The first kappa shape index (κ1) is 54.7. The van der Waals surface area contributed by atoms with Crippen LogP contribution in [0.3, 0.4) is 0 Å². The van der Waals surface area contributed by atoms with E-state index < -0.39 is 53.5 Å². The molecule has 12 rings (SSSR count). The zero-order valence-electron chi connectivity index (χ0n) is 44.9. The average Bonchev–Trinajstić information content (AvgIpc) is 2.95. The first-order chi connectivity index (χ1) is 39.6. The number of nitrogen functional groups attached to an aromatic ring is 1. The van der Waals surface area contributed by atoms with Gasteiger partial charge >= 0.3 is 6.01 Å². The molecule has 17 nitrogen and oxygen atoms in total. The lowest BCUT2D eigenvalue weighted by molar-refractivity contribution is -0.142. The molecular formula is C60H57ClF3N11O6S. The predicted molar refractivity (Wildman–Crippen MR) is 305 cm³/mol. The monoisotopic (exact) mass is 1150 g/mol. The Morgan fingerprint density at radius 3 is 2.46 bits per heavy atom. The quantitative estimate of drug-likeness (QED) is 0.0751. The van der Waals surface area contributed by atoms with Gasteiger partial charge in [0.25, 0.3) is 0 Å². The molecule has 2 amide bonds. The van der Waals surface area contributed by atoms with E-state index in [4.69, 9.17) is 41.5 Å². The molecule has 22 heteroatoms.